The SMILES string of the molecule is C[C@@H](C(=O)NC[C@@](C)(O)C1CCCC1)n1c(-c2cccs2)n[nH]c1=S. The number of aromatic nitrogens is 3. The first-order chi connectivity index (χ1) is 11.9. The predicted molar refractivity (Wildman–Crippen MR) is 101 cm³/mol. The second-order valence-electron chi connectivity index (χ2n) is 6.93. The van der Waals surface area contributed by atoms with Gasteiger partial charge in [-0.25, -0.2) is 0 Å². The van der Waals surface area contributed by atoms with Gasteiger partial charge in [-0.2, -0.15) is 5.10 Å². The van der Waals surface area contributed by atoms with Gasteiger partial charge < -0.3 is 10.4 Å². The molecule has 1 aliphatic carbocycles. The number of amides is 1. The lowest BCUT2D eigenvalue weighted by Gasteiger charge is -2.30. The number of hydrogen-bond acceptors (Lipinski definition) is 5. The number of aromatic amines is 1. The summed E-state index contributed by atoms with van der Waals surface area (Å²) in [5.74, 6) is 0.736. The molecule has 0 aromatic carbocycles. The first-order valence-electron chi connectivity index (χ1n) is 8.61. The van der Waals surface area contributed by atoms with Gasteiger partial charge in [-0.1, -0.05) is 18.9 Å². The maximum Gasteiger partial charge on any atom is 0.243 e. The van der Waals surface area contributed by atoms with E-state index in [9.17, 15) is 9.90 Å². The standard InChI is InChI=1S/C17H24N4O2S2/c1-11(15(22)18-10-17(2,23)12-6-3-4-7-12)21-14(19-20-16(21)24)13-8-5-9-25-13/h5,8-9,11-12,23H,3-4,6-7,10H2,1-2H3,(H,18,22)(H,20,24)/t11-,17+/m0/s1. The van der Waals surface area contributed by atoms with Gasteiger partial charge in [-0.05, 0) is 56.3 Å². The average molecular weight is 381 g/mol. The smallest absolute Gasteiger partial charge is 0.243 e. The van der Waals surface area contributed by atoms with Crippen molar-refractivity contribution in [2.75, 3.05) is 6.54 Å². The number of carbonyl (C=O) groups excluding carboxylic acids is 1. The Bertz CT molecular complexity index is 773. The van der Waals surface area contributed by atoms with E-state index in [1.54, 1.807) is 22.8 Å². The number of nitrogens with zero attached hydrogens (tertiary/aromatic N) is 2. The minimum Gasteiger partial charge on any atom is -0.388 e. The van der Waals surface area contributed by atoms with Gasteiger partial charge in [0.15, 0.2) is 10.6 Å². The average Bonchev–Trinajstić information content (AvgIpc) is 3.32. The maximum absolute atomic E-state index is 12.6. The topological polar surface area (TPSA) is 82.9 Å². The van der Waals surface area contributed by atoms with Crippen LogP contribution in [0.5, 0.6) is 0 Å². The fourth-order valence-corrected chi connectivity index (χ4v) is 4.47. The summed E-state index contributed by atoms with van der Waals surface area (Å²) in [6.45, 7) is 3.86. The molecule has 2 atom stereocenters. The first-order valence-corrected chi connectivity index (χ1v) is 9.90. The van der Waals surface area contributed by atoms with E-state index >= 15 is 0 Å². The molecule has 3 rings (SSSR count). The van der Waals surface area contributed by atoms with Gasteiger partial charge in [-0.3, -0.25) is 14.5 Å². The molecule has 3 N–H and O–H groups in total. The van der Waals surface area contributed by atoms with Crippen molar-refractivity contribution in [2.45, 2.75) is 51.2 Å². The van der Waals surface area contributed by atoms with Gasteiger partial charge in [0.1, 0.15) is 6.04 Å². The zero-order valence-corrected chi connectivity index (χ0v) is 16.1. The third-order valence-corrected chi connectivity index (χ3v) is 6.22. The monoisotopic (exact) mass is 380 g/mol. The molecule has 0 radical (unpaired) electrons. The van der Waals surface area contributed by atoms with Crippen LogP contribution in [0.4, 0.5) is 0 Å². The highest BCUT2D eigenvalue weighted by Crippen LogP contribution is 2.33. The molecule has 8 heteroatoms. The molecule has 0 unspecified atom stereocenters. The van der Waals surface area contributed by atoms with E-state index in [0.29, 0.717) is 10.6 Å². The molecular weight excluding hydrogens is 356 g/mol. The lowest BCUT2D eigenvalue weighted by atomic mass is 9.87. The van der Waals surface area contributed by atoms with E-state index in [1.165, 1.54) is 0 Å². The van der Waals surface area contributed by atoms with E-state index < -0.39 is 11.6 Å². The van der Waals surface area contributed by atoms with Crippen LogP contribution in [0, 0.1) is 10.7 Å². The minimum absolute atomic E-state index is 0.173. The summed E-state index contributed by atoms with van der Waals surface area (Å²) in [6.07, 6.45) is 4.35. The lowest BCUT2D eigenvalue weighted by molar-refractivity contribution is -0.125. The molecule has 6 nitrogen and oxygen atoms in total. The first kappa shape index (κ1) is 18.3. The highest BCUT2D eigenvalue weighted by atomic mass is 32.1. The van der Waals surface area contributed by atoms with Crippen molar-refractivity contribution in [2.24, 2.45) is 5.92 Å². The molecule has 0 bridgehead atoms. The summed E-state index contributed by atoms with van der Waals surface area (Å²) in [5, 5.41) is 22.6. The third-order valence-electron chi connectivity index (χ3n) is 5.07. The second-order valence-corrected chi connectivity index (χ2v) is 8.27. The Labute approximate surface area is 156 Å². The molecule has 1 fully saturated rings. The quantitative estimate of drug-likeness (QED) is 0.672. The molecule has 1 aliphatic rings. The van der Waals surface area contributed by atoms with Crippen LogP contribution in [-0.4, -0.2) is 37.9 Å². The van der Waals surface area contributed by atoms with Gasteiger partial charge in [0, 0.05) is 6.54 Å². The van der Waals surface area contributed by atoms with E-state index in [2.05, 4.69) is 15.5 Å². The van der Waals surface area contributed by atoms with Crippen LogP contribution in [0.2, 0.25) is 0 Å². The second kappa shape index (κ2) is 7.39. The Hall–Kier alpha value is -1.51. The van der Waals surface area contributed by atoms with Crippen molar-refractivity contribution >= 4 is 29.5 Å². The number of hydrogen-bond donors (Lipinski definition) is 3. The van der Waals surface area contributed by atoms with Crippen LogP contribution in [0.3, 0.4) is 0 Å². The van der Waals surface area contributed by atoms with Gasteiger partial charge in [0.25, 0.3) is 0 Å². The molecule has 1 amide bonds. The molecule has 2 heterocycles. The molecule has 136 valence electrons. The zero-order chi connectivity index (χ0) is 18.0. The van der Waals surface area contributed by atoms with Crippen molar-refractivity contribution in [3.05, 3.63) is 22.3 Å². The number of H-pyrrole nitrogens is 1. The molecular formula is C17H24N4O2S2. The van der Waals surface area contributed by atoms with Crippen molar-refractivity contribution in [3.8, 4) is 10.7 Å². The third kappa shape index (κ3) is 3.86. The molecule has 1 saturated carbocycles. The maximum atomic E-state index is 12.6. The number of carbonyl (C=O) groups is 1. The molecule has 0 aliphatic heterocycles. The minimum atomic E-state index is -0.875. The van der Waals surface area contributed by atoms with Crippen LogP contribution in [0.1, 0.15) is 45.6 Å². The molecule has 2 aromatic heterocycles. The number of aliphatic hydroxyl groups is 1. The summed E-state index contributed by atoms with van der Waals surface area (Å²) in [6, 6.07) is 3.37. The van der Waals surface area contributed by atoms with Gasteiger partial charge in [-0.15, -0.1) is 11.3 Å². The van der Waals surface area contributed by atoms with E-state index in [4.69, 9.17) is 12.2 Å². The Morgan fingerprint density at radius 3 is 2.96 bits per heavy atom. The predicted octanol–water partition coefficient (Wildman–Crippen LogP) is 3.29. The number of rotatable bonds is 6. The fraction of sp³-hybridized carbons (Fsp3) is 0.588. The van der Waals surface area contributed by atoms with Crippen LogP contribution < -0.4 is 5.32 Å². The van der Waals surface area contributed by atoms with E-state index in [1.807, 2.05) is 24.4 Å². The summed E-state index contributed by atoms with van der Waals surface area (Å²) in [4.78, 5) is 13.6. The highest BCUT2D eigenvalue weighted by Gasteiger charge is 2.34. The summed E-state index contributed by atoms with van der Waals surface area (Å²) < 4.78 is 2.13. The number of thiophene rings is 1. The molecule has 0 saturated heterocycles. The fourth-order valence-electron chi connectivity index (χ4n) is 3.47. The summed E-state index contributed by atoms with van der Waals surface area (Å²) in [5.41, 5.74) is -0.875. The normalized spacial score (nSPS) is 18.8. The van der Waals surface area contributed by atoms with E-state index in [0.717, 1.165) is 30.6 Å². The van der Waals surface area contributed by atoms with Crippen molar-refractivity contribution in [3.63, 3.8) is 0 Å². The van der Waals surface area contributed by atoms with Crippen LogP contribution >= 0.6 is 23.6 Å². The largest absolute Gasteiger partial charge is 0.388 e. The highest BCUT2D eigenvalue weighted by molar-refractivity contribution is 7.71. The lowest BCUT2D eigenvalue weighted by Crippen LogP contribution is -2.46. The van der Waals surface area contributed by atoms with E-state index in [-0.39, 0.29) is 18.4 Å². The Balaban J connectivity index is 1.71. The molecule has 0 spiro atoms. The Morgan fingerprint density at radius 2 is 2.32 bits per heavy atom. The van der Waals surface area contributed by atoms with Crippen molar-refractivity contribution in [1.82, 2.24) is 20.1 Å². The summed E-state index contributed by atoms with van der Waals surface area (Å²) in [7, 11) is 0. The van der Waals surface area contributed by atoms with Gasteiger partial charge in [0.05, 0.1) is 10.5 Å². The Morgan fingerprint density at radius 1 is 1.60 bits per heavy atom. The van der Waals surface area contributed by atoms with Crippen molar-refractivity contribution in [1.29, 1.82) is 0 Å². The van der Waals surface area contributed by atoms with Gasteiger partial charge >= 0.3 is 0 Å². The summed E-state index contributed by atoms with van der Waals surface area (Å²) >= 11 is 6.85. The molecule has 25 heavy (non-hydrogen) atoms. The van der Waals surface area contributed by atoms with Crippen LogP contribution in [0.15, 0.2) is 17.5 Å². The van der Waals surface area contributed by atoms with Crippen LogP contribution in [-0.2, 0) is 4.79 Å². The Kier molecular flexibility index (Phi) is 5.41. The van der Waals surface area contributed by atoms with Crippen LogP contribution in [0.25, 0.3) is 10.7 Å². The number of nitrogens with one attached hydrogen (secondary N) is 2. The van der Waals surface area contributed by atoms with Gasteiger partial charge in [0.2, 0.25) is 5.91 Å². The van der Waals surface area contributed by atoms with Crippen molar-refractivity contribution < 1.29 is 9.90 Å². The molecule has 2 aromatic rings. The zero-order valence-electron chi connectivity index (χ0n) is 14.5.